The zero-order chi connectivity index (χ0) is 19.9. The molecule has 2 aromatic rings. The Bertz CT molecular complexity index is 829. The molecule has 0 aliphatic carbocycles. The van der Waals surface area contributed by atoms with Crippen LogP contribution in [0, 0.1) is 0 Å². The van der Waals surface area contributed by atoms with Gasteiger partial charge in [0, 0.05) is 18.5 Å². The fourth-order valence-electron chi connectivity index (χ4n) is 2.20. The second kappa shape index (κ2) is 10.2. The van der Waals surface area contributed by atoms with Crippen LogP contribution >= 0.6 is 22.7 Å². The van der Waals surface area contributed by atoms with Crippen LogP contribution in [0.3, 0.4) is 0 Å². The van der Waals surface area contributed by atoms with Crippen molar-refractivity contribution in [2.24, 2.45) is 4.99 Å². The maximum absolute atomic E-state index is 12.2. The minimum absolute atomic E-state index is 0.0888. The molecule has 2 rings (SSSR count). The van der Waals surface area contributed by atoms with E-state index in [4.69, 9.17) is 0 Å². The molecule has 7 nitrogen and oxygen atoms in total. The topological polar surface area (TPSA) is 104 Å². The number of thiazole rings is 1. The average Bonchev–Trinajstić information content (AvgIpc) is 3.28. The van der Waals surface area contributed by atoms with E-state index in [0.29, 0.717) is 25.0 Å². The molecule has 2 aromatic heterocycles. The van der Waals surface area contributed by atoms with E-state index in [9.17, 15) is 13.5 Å². The van der Waals surface area contributed by atoms with Crippen molar-refractivity contribution in [1.82, 2.24) is 15.6 Å². The molecule has 0 aliphatic heterocycles. The van der Waals surface area contributed by atoms with Gasteiger partial charge in [0.15, 0.2) is 15.8 Å². The van der Waals surface area contributed by atoms with Crippen molar-refractivity contribution in [3.63, 3.8) is 0 Å². The zero-order valence-electron chi connectivity index (χ0n) is 15.7. The number of aromatic nitrogens is 1. The second-order valence-corrected chi connectivity index (χ2v) is 10.4. The summed E-state index contributed by atoms with van der Waals surface area (Å²) < 4.78 is 24.7. The number of hydrogen-bond donors (Lipinski definition) is 3. The lowest BCUT2D eigenvalue weighted by Gasteiger charge is -2.15. The third-order valence-electron chi connectivity index (χ3n) is 3.60. The summed E-state index contributed by atoms with van der Waals surface area (Å²) in [6.45, 7) is 7.31. The van der Waals surface area contributed by atoms with E-state index < -0.39 is 15.9 Å². The first-order valence-electron chi connectivity index (χ1n) is 8.72. The summed E-state index contributed by atoms with van der Waals surface area (Å²) in [5.41, 5.74) is 1.05. The lowest BCUT2D eigenvalue weighted by atomic mass is 10.2. The van der Waals surface area contributed by atoms with E-state index in [1.54, 1.807) is 28.8 Å². The van der Waals surface area contributed by atoms with E-state index in [1.807, 2.05) is 12.3 Å². The van der Waals surface area contributed by atoms with E-state index >= 15 is 0 Å². The van der Waals surface area contributed by atoms with Crippen molar-refractivity contribution >= 4 is 38.5 Å². The number of hydrogen-bond acceptors (Lipinski definition) is 7. The van der Waals surface area contributed by atoms with E-state index in [1.165, 1.54) is 0 Å². The molecule has 150 valence electrons. The maximum atomic E-state index is 12.2. The highest BCUT2D eigenvalue weighted by molar-refractivity contribution is 7.93. The summed E-state index contributed by atoms with van der Waals surface area (Å²) in [5.74, 6) is 0.571. The predicted molar refractivity (Wildman–Crippen MR) is 111 cm³/mol. The molecular weight excluding hydrogens is 404 g/mol. The number of guanidine groups is 1. The Kier molecular flexibility index (Phi) is 8.21. The van der Waals surface area contributed by atoms with Crippen LogP contribution in [0.2, 0.25) is 0 Å². The van der Waals surface area contributed by atoms with Crippen LogP contribution in [-0.4, -0.2) is 49.4 Å². The Morgan fingerprint density at radius 2 is 2.11 bits per heavy atom. The summed E-state index contributed by atoms with van der Waals surface area (Å²) in [6.07, 6.45) is -1.03. The second-order valence-electron chi connectivity index (χ2n) is 6.26. The molecule has 0 fully saturated rings. The lowest BCUT2D eigenvalue weighted by Crippen LogP contribution is -2.42. The Morgan fingerprint density at radius 1 is 1.33 bits per heavy atom. The minimum atomic E-state index is -3.48. The number of thiophene rings is 1. The zero-order valence-corrected chi connectivity index (χ0v) is 18.1. The largest absolute Gasteiger partial charge is 0.390 e. The fourth-order valence-corrected chi connectivity index (χ4v) is 5.56. The first kappa shape index (κ1) is 21.8. The van der Waals surface area contributed by atoms with Gasteiger partial charge in [-0.1, -0.05) is 19.9 Å². The predicted octanol–water partition coefficient (Wildman–Crippen LogP) is 2.22. The number of aliphatic imine (C=N–C) groups is 1. The molecule has 0 aliphatic rings. The molecule has 27 heavy (non-hydrogen) atoms. The van der Waals surface area contributed by atoms with Crippen LogP contribution in [0.4, 0.5) is 0 Å². The van der Waals surface area contributed by atoms with Crippen molar-refractivity contribution in [2.45, 2.75) is 43.5 Å². The van der Waals surface area contributed by atoms with Gasteiger partial charge in [-0.05, 0) is 24.3 Å². The molecule has 10 heteroatoms. The quantitative estimate of drug-likeness (QED) is 0.416. The Morgan fingerprint density at radius 3 is 2.70 bits per heavy atom. The van der Waals surface area contributed by atoms with Crippen molar-refractivity contribution in [2.75, 3.05) is 18.8 Å². The standard InChI is InChI=1S/C17H26N4O3S3/c1-4-18-17(20-9-15-21-14(10-26-15)12(2)3)19-8-13(22)11-27(23,24)16-6-5-7-25-16/h5-7,10,12-13,22H,4,8-9,11H2,1-3H3,(H2,18,19,20). The van der Waals surface area contributed by atoms with Crippen LogP contribution in [0.1, 0.15) is 37.4 Å². The normalized spacial score (nSPS) is 13.7. The van der Waals surface area contributed by atoms with E-state index in [2.05, 4.69) is 34.5 Å². The Labute approximate surface area is 168 Å². The number of aliphatic hydroxyl groups is 1. The Hall–Kier alpha value is -1.49. The van der Waals surface area contributed by atoms with Crippen molar-refractivity contribution in [3.8, 4) is 0 Å². The van der Waals surface area contributed by atoms with Crippen LogP contribution < -0.4 is 10.6 Å². The third kappa shape index (κ3) is 6.87. The molecule has 0 spiro atoms. The SMILES string of the molecule is CCNC(=NCc1nc(C(C)C)cs1)NCC(O)CS(=O)(=O)c1cccs1. The number of rotatable bonds is 9. The fraction of sp³-hybridized carbons (Fsp3) is 0.529. The molecule has 2 heterocycles. The van der Waals surface area contributed by atoms with Gasteiger partial charge in [-0.15, -0.1) is 22.7 Å². The highest BCUT2D eigenvalue weighted by Gasteiger charge is 2.20. The van der Waals surface area contributed by atoms with Crippen LogP contribution in [0.15, 0.2) is 32.1 Å². The van der Waals surface area contributed by atoms with Gasteiger partial charge >= 0.3 is 0 Å². The first-order valence-corrected chi connectivity index (χ1v) is 12.1. The smallest absolute Gasteiger partial charge is 0.191 e. The van der Waals surface area contributed by atoms with Crippen LogP contribution in [0.25, 0.3) is 0 Å². The van der Waals surface area contributed by atoms with Crippen molar-refractivity contribution in [3.05, 3.63) is 33.6 Å². The summed E-state index contributed by atoms with van der Waals surface area (Å²) in [7, 11) is -3.48. The molecular formula is C17H26N4O3S3. The molecule has 0 saturated carbocycles. The van der Waals surface area contributed by atoms with E-state index in [-0.39, 0.29) is 16.5 Å². The van der Waals surface area contributed by atoms with Gasteiger partial charge in [0.2, 0.25) is 0 Å². The van der Waals surface area contributed by atoms with Gasteiger partial charge in [-0.2, -0.15) is 0 Å². The van der Waals surface area contributed by atoms with E-state index in [0.717, 1.165) is 22.0 Å². The van der Waals surface area contributed by atoms with Gasteiger partial charge in [0.05, 0.1) is 24.1 Å². The number of nitrogens with one attached hydrogen (secondary N) is 2. The summed E-state index contributed by atoms with van der Waals surface area (Å²) in [4.78, 5) is 9.00. The first-order chi connectivity index (χ1) is 12.8. The molecule has 0 saturated heterocycles. The summed E-state index contributed by atoms with van der Waals surface area (Å²) in [5, 5.41) is 20.9. The number of aliphatic hydroxyl groups excluding tert-OH is 1. The lowest BCUT2D eigenvalue weighted by molar-refractivity contribution is 0.200. The molecule has 1 unspecified atom stereocenters. The molecule has 1 atom stereocenters. The molecule has 0 amide bonds. The highest BCUT2D eigenvalue weighted by Crippen LogP contribution is 2.19. The number of nitrogens with zero attached hydrogens (tertiary/aromatic N) is 2. The van der Waals surface area contributed by atoms with Gasteiger partial charge < -0.3 is 15.7 Å². The van der Waals surface area contributed by atoms with Gasteiger partial charge in [0.25, 0.3) is 0 Å². The van der Waals surface area contributed by atoms with Gasteiger partial charge in [-0.25, -0.2) is 18.4 Å². The monoisotopic (exact) mass is 430 g/mol. The van der Waals surface area contributed by atoms with Gasteiger partial charge in [0.1, 0.15) is 9.22 Å². The summed E-state index contributed by atoms with van der Waals surface area (Å²) in [6, 6.07) is 3.23. The molecule has 0 radical (unpaired) electrons. The summed E-state index contributed by atoms with van der Waals surface area (Å²) >= 11 is 2.72. The maximum Gasteiger partial charge on any atom is 0.191 e. The average molecular weight is 431 g/mol. The molecule has 0 bridgehead atoms. The third-order valence-corrected chi connectivity index (χ3v) is 7.73. The highest BCUT2D eigenvalue weighted by atomic mass is 32.2. The molecule has 0 aromatic carbocycles. The number of sulfone groups is 1. The van der Waals surface area contributed by atoms with Gasteiger partial charge in [-0.3, -0.25) is 0 Å². The van der Waals surface area contributed by atoms with Crippen molar-refractivity contribution in [1.29, 1.82) is 0 Å². The van der Waals surface area contributed by atoms with Crippen LogP contribution in [0.5, 0.6) is 0 Å². The Balaban J connectivity index is 1.90. The van der Waals surface area contributed by atoms with Crippen LogP contribution in [-0.2, 0) is 16.4 Å². The minimum Gasteiger partial charge on any atom is -0.390 e. The van der Waals surface area contributed by atoms with Crippen molar-refractivity contribution < 1.29 is 13.5 Å². The molecule has 3 N–H and O–H groups in total.